The quantitative estimate of drug-likeness (QED) is 0.529. The predicted octanol–water partition coefficient (Wildman–Crippen LogP) is 3.62. The minimum Gasteiger partial charge on any atom is -0.379 e. The number of non-ortho nitro benzene ring substituents is 1. The first-order valence-corrected chi connectivity index (χ1v) is 5.59. The molecule has 0 fully saturated rings. The summed E-state index contributed by atoms with van der Waals surface area (Å²) in [5, 5.41) is 13.1. The first-order valence-electron chi connectivity index (χ1n) is 5.59. The molecule has 0 radical (unpaired) electrons. The minimum absolute atomic E-state index is 0.0623. The normalized spacial score (nSPS) is 10.3. The summed E-state index contributed by atoms with van der Waals surface area (Å²) in [5.41, 5.74) is 0.398. The Morgan fingerprint density at radius 1 is 1.00 bits per heavy atom. The lowest BCUT2D eigenvalue weighted by molar-refractivity contribution is -0.384. The summed E-state index contributed by atoms with van der Waals surface area (Å²) >= 11 is 0. The molecule has 0 heterocycles. The largest absolute Gasteiger partial charge is 0.379 e. The van der Waals surface area contributed by atoms with E-state index < -0.39 is 22.4 Å². The summed E-state index contributed by atoms with van der Waals surface area (Å²) in [6.45, 7) is 0.125. The number of hydrogen-bond donors (Lipinski definition) is 1. The molecular formula is C13H9F3N2O2. The zero-order chi connectivity index (χ0) is 14.7. The lowest BCUT2D eigenvalue weighted by Gasteiger charge is -2.08. The Morgan fingerprint density at radius 3 is 2.20 bits per heavy atom. The van der Waals surface area contributed by atoms with Crippen molar-refractivity contribution in [1.82, 2.24) is 0 Å². The van der Waals surface area contributed by atoms with E-state index in [0.29, 0.717) is 11.6 Å². The zero-order valence-electron chi connectivity index (χ0n) is 10.1. The third-order valence-corrected chi connectivity index (χ3v) is 2.64. The monoisotopic (exact) mass is 282 g/mol. The standard InChI is InChI=1S/C13H9F3N2O2/c14-10-5-12(16)13(6-11(10)15)17-7-8-1-3-9(4-2-8)18(19)20/h1-6,17H,7H2. The van der Waals surface area contributed by atoms with Gasteiger partial charge in [-0.2, -0.15) is 0 Å². The van der Waals surface area contributed by atoms with E-state index in [1.165, 1.54) is 24.3 Å². The molecule has 20 heavy (non-hydrogen) atoms. The van der Waals surface area contributed by atoms with Crippen molar-refractivity contribution in [3.63, 3.8) is 0 Å². The molecule has 0 aliphatic carbocycles. The summed E-state index contributed by atoms with van der Waals surface area (Å²) in [6, 6.07) is 6.76. The Balaban J connectivity index is 2.09. The Labute approximate surface area is 112 Å². The van der Waals surface area contributed by atoms with Crippen LogP contribution in [0.2, 0.25) is 0 Å². The van der Waals surface area contributed by atoms with Crippen LogP contribution in [0.25, 0.3) is 0 Å². The van der Waals surface area contributed by atoms with Crippen LogP contribution in [0.15, 0.2) is 36.4 Å². The summed E-state index contributed by atoms with van der Waals surface area (Å²) < 4.78 is 39.1. The van der Waals surface area contributed by atoms with Gasteiger partial charge in [0, 0.05) is 30.8 Å². The van der Waals surface area contributed by atoms with Gasteiger partial charge in [-0.05, 0) is 5.56 Å². The molecule has 0 aliphatic heterocycles. The van der Waals surface area contributed by atoms with Gasteiger partial charge in [0.25, 0.3) is 5.69 Å². The van der Waals surface area contributed by atoms with E-state index in [0.717, 1.165) is 6.07 Å². The summed E-state index contributed by atoms with van der Waals surface area (Å²) in [4.78, 5) is 9.93. The van der Waals surface area contributed by atoms with Crippen molar-refractivity contribution < 1.29 is 18.1 Å². The zero-order valence-corrected chi connectivity index (χ0v) is 10.1. The van der Waals surface area contributed by atoms with Crippen LogP contribution in [-0.4, -0.2) is 4.92 Å². The van der Waals surface area contributed by atoms with Gasteiger partial charge in [0.15, 0.2) is 11.6 Å². The maximum Gasteiger partial charge on any atom is 0.269 e. The SMILES string of the molecule is O=[N+]([O-])c1ccc(CNc2cc(F)c(F)cc2F)cc1. The predicted molar refractivity (Wildman–Crippen MR) is 66.7 cm³/mol. The topological polar surface area (TPSA) is 55.2 Å². The highest BCUT2D eigenvalue weighted by Gasteiger charge is 2.10. The molecule has 0 saturated heterocycles. The highest BCUT2D eigenvalue weighted by molar-refractivity contribution is 5.46. The van der Waals surface area contributed by atoms with Gasteiger partial charge in [-0.25, -0.2) is 13.2 Å². The molecule has 0 aromatic heterocycles. The summed E-state index contributed by atoms with van der Waals surface area (Å²) in [7, 11) is 0. The Hall–Kier alpha value is -2.57. The molecule has 4 nitrogen and oxygen atoms in total. The van der Waals surface area contributed by atoms with E-state index in [4.69, 9.17) is 0 Å². The molecule has 0 spiro atoms. The van der Waals surface area contributed by atoms with E-state index in [-0.39, 0.29) is 17.9 Å². The van der Waals surface area contributed by atoms with Crippen LogP contribution in [0, 0.1) is 27.6 Å². The van der Waals surface area contributed by atoms with Crippen molar-refractivity contribution in [3.05, 3.63) is 69.5 Å². The number of nitrogens with zero attached hydrogens (tertiary/aromatic N) is 1. The van der Waals surface area contributed by atoms with Crippen LogP contribution < -0.4 is 5.32 Å². The van der Waals surface area contributed by atoms with Gasteiger partial charge < -0.3 is 5.32 Å². The molecule has 2 rings (SSSR count). The summed E-state index contributed by atoms with van der Waals surface area (Å²) in [5.74, 6) is -3.33. The fourth-order valence-electron chi connectivity index (χ4n) is 1.59. The second-order valence-corrected chi connectivity index (χ2v) is 4.02. The Bertz CT molecular complexity index is 645. The van der Waals surface area contributed by atoms with Gasteiger partial charge in [0.2, 0.25) is 0 Å². The second-order valence-electron chi connectivity index (χ2n) is 4.02. The number of hydrogen-bond acceptors (Lipinski definition) is 3. The van der Waals surface area contributed by atoms with Gasteiger partial charge >= 0.3 is 0 Å². The number of benzene rings is 2. The van der Waals surface area contributed by atoms with E-state index in [1.54, 1.807) is 0 Å². The molecule has 0 saturated carbocycles. The number of nitro groups is 1. The van der Waals surface area contributed by atoms with Crippen molar-refractivity contribution in [2.75, 3.05) is 5.32 Å². The smallest absolute Gasteiger partial charge is 0.269 e. The number of nitrogens with one attached hydrogen (secondary N) is 1. The van der Waals surface area contributed by atoms with Gasteiger partial charge in [-0.3, -0.25) is 10.1 Å². The molecule has 2 aromatic carbocycles. The van der Waals surface area contributed by atoms with E-state index >= 15 is 0 Å². The van der Waals surface area contributed by atoms with Gasteiger partial charge in [-0.1, -0.05) is 12.1 Å². The number of anilines is 1. The van der Waals surface area contributed by atoms with Crippen LogP contribution in [0.1, 0.15) is 5.56 Å². The van der Waals surface area contributed by atoms with E-state index in [1.807, 2.05) is 0 Å². The van der Waals surface area contributed by atoms with Crippen LogP contribution in [0.5, 0.6) is 0 Å². The van der Waals surface area contributed by atoms with Crippen molar-refractivity contribution in [1.29, 1.82) is 0 Å². The van der Waals surface area contributed by atoms with Crippen molar-refractivity contribution >= 4 is 11.4 Å². The lowest BCUT2D eigenvalue weighted by Crippen LogP contribution is -2.03. The molecule has 0 unspecified atom stereocenters. The molecule has 2 aromatic rings. The van der Waals surface area contributed by atoms with Crippen LogP contribution in [0.3, 0.4) is 0 Å². The Kier molecular flexibility index (Phi) is 3.88. The number of rotatable bonds is 4. The fraction of sp³-hybridized carbons (Fsp3) is 0.0769. The Morgan fingerprint density at radius 2 is 1.60 bits per heavy atom. The highest BCUT2D eigenvalue weighted by Crippen LogP contribution is 2.19. The third-order valence-electron chi connectivity index (χ3n) is 2.64. The number of nitro benzene ring substituents is 1. The molecular weight excluding hydrogens is 273 g/mol. The first kappa shape index (κ1) is 13.9. The van der Waals surface area contributed by atoms with Crippen molar-refractivity contribution in [2.45, 2.75) is 6.54 Å². The van der Waals surface area contributed by atoms with Crippen LogP contribution >= 0.6 is 0 Å². The van der Waals surface area contributed by atoms with Crippen molar-refractivity contribution in [2.24, 2.45) is 0 Å². The molecule has 104 valence electrons. The highest BCUT2D eigenvalue weighted by atomic mass is 19.2. The molecule has 0 amide bonds. The minimum atomic E-state index is -1.26. The molecule has 0 atom stereocenters. The first-order chi connectivity index (χ1) is 9.47. The van der Waals surface area contributed by atoms with Crippen molar-refractivity contribution in [3.8, 4) is 0 Å². The maximum absolute atomic E-state index is 13.3. The van der Waals surface area contributed by atoms with Gasteiger partial charge in [0.1, 0.15) is 5.82 Å². The van der Waals surface area contributed by atoms with Gasteiger partial charge in [-0.15, -0.1) is 0 Å². The van der Waals surface area contributed by atoms with Crippen LogP contribution in [-0.2, 0) is 6.54 Å². The summed E-state index contributed by atoms with van der Waals surface area (Å²) in [6.07, 6.45) is 0. The lowest BCUT2D eigenvalue weighted by atomic mass is 10.2. The number of halogens is 3. The average molecular weight is 282 g/mol. The molecule has 1 N–H and O–H groups in total. The third kappa shape index (κ3) is 3.05. The van der Waals surface area contributed by atoms with Gasteiger partial charge in [0.05, 0.1) is 10.6 Å². The maximum atomic E-state index is 13.3. The molecule has 0 bridgehead atoms. The van der Waals surface area contributed by atoms with E-state index in [2.05, 4.69) is 5.32 Å². The second kappa shape index (κ2) is 5.60. The molecule has 0 aliphatic rings. The average Bonchev–Trinajstić information content (AvgIpc) is 2.42. The van der Waals surface area contributed by atoms with E-state index in [9.17, 15) is 23.3 Å². The fourth-order valence-corrected chi connectivity index (χ4v) is 1.59. The van der Waals surface area contributed by atoms with Crippen LogP contribution in [0.4, 0.5) is 24.5 Å². The molecule has 7 heteroatoms.